The number of carbonyl (C=O) groups excluding carboxylic acids is 2. The number of carbonyl (C=O) groups is 2. The fraction of sp³-hybridized carbons (Fsp3) is 0.481. The van der Waals surface area contributed by atoms with Crippen molar-refractivity contribution < 1.29 is 14.3 Å². The molecule has 2 aromatic rings. The lowest BCUT2D eigenvalue weighted by Crippen LogP contribution is -2.48. The number of nitrogens with zero attached hydrogens (tertiary/aromatic N) is 2. The molecule has 170 valence electrons. The Bertz CT molecular complexity index is 1010. The molecule has 2 aliphatic rings. The third-order valence-corrected chi connectivity index (χ3v) is 6.54. The van der Waals surface area contributed by atoms with Gasteiger partial charge in [0.1, 0.15) is 5.60 Å². The van der Waals surface area contributed by atoms with E-state index >= 15 is 0 Å². The van der Waals surface area contributed by atoms with Crippen molar-refractivity contribution in [3.05, 3.63) is 65.2 Å². The van der Waals surface area contributed by atoms with Crippen molar-refractivity contribution in [2.45, 2.75) is 77.5 Å². The fourth-order valence-electron chi connectivity index (χ4n) is 5.04. The Morgan fingerprint density at radius 1 is 1.00 bits per heavy atom. The number of hydrogen-bond acceptors (Lipinski definition) is 3. The minimum absolute atomic E-state index is 0.0267. The van der Waals surface area contributed by atoms with Crippen LogP contribution in [-0.4, -0.2) is 35.1 Å². The predicted molar refractivity (Wildman–Crippen MR) is 127 cm³/mol. The van der Waals surface area contributed by atoms with Gasteiger partial charge in [-0.2, -0.15) is 0 Å². The Hall–Kier alpha value is -2.82. The van der Waals surface area contributed by atoms with Gasteiger partial charge in [0.2, 0.25) is 5.91 Å². The maximum atomic E-state index is 12.8. The quantitative estimate of drug-likeness (QED) is 0.592. The van der Waals surface area contributed by atoms with Crippen molar-refractivity contribution in [2.24, 2.45) is 0 Å². The lowest BCUT2D eigenvalue weighted by molar-refractivity contribution is -0.118. The first-order valence-electron chi connectivity index (χ1n) is 11.7. The largest absolute Gasteiger partial charge is 0.444 e. The molecule has 2 aromatic carbocycles. The van der Waals surface area contributed by atoms with E-state index in [4.69, 9.17) is 4.74 Å². The van der Waals surface area contributed by atoms with E-state index in [1.807, 2.05) is 43.6 Å². The molecule has 1 saturated heterocycles. The number of rotatable bonds is 3. The second-order valence-corrected chi connectivity index (χ2v) is 9.92. The van der Waals surface area contributed by atoms with Crippen LogP contribution in [0.3, 0.4) is 0 Å². The van der Waals surface area contributed by atoms with Crippen molar-refractivity contribution in [1.82, 2.24) is 4.90 Å². The molecule has 0 bridgehead atoms. The maximum absolute atomic E-state index is 12.8. The number of hydrogen-bond donors (Lipinski definition) is 0. The van der Waals surface area contributed by atoms with Crippen LogP contribution in [0.25, 0.3) is 0 Å². The summed E-state index contributed by atoms with van der Waals surface area (Å²) >= 11 is 0. The lowest BCUT2D eigenvalue weighted by atomic mass is 9.77. The fourth-order valence-corrected chi connectivity index (χ4v) is 5.04. The molecule has 32 heavy (non-hydrogen) atoms. The summed E-state index contributed by atoms with van der Waals surface area (Å²) in [5.41, 5.74) is 4.11. The lowest BCUT2D eigenvalue weighted by Gasteiger charge is -2.44. The monoisotopic (exact) mass is 434 g/mol. The maximum Gasteiger partial charge on any atom is 0.410 e. The van der Waals surface area contributed by atoms with Crippen molar-refractivity contribution in [3.8, 4) is 0 Å². The molecule has 2 aliphatic heterocycles. The number of fused-ring (bicyclic) bond motifs is 1. The topological polar surface area (TPSA) is 49.9 Å². The predicted octanol–water partition coefficient (Wildman–Crippen LogP) is 6.04. The molecule has 2 heterocycles. The van der Waals surface area contributed by atoms with Gasteiger partial charge in [0.15, 0.2) is 0 Å². The van der Waals surface area contributed by atoms with Gasteiger partial charge in [-0.3, -0.25) is 4.79 Å². The molecule has 3 atom stereocenters. The zero-order valence-electron chi connectivity index (χ0n) is 19.8. The first-order valence-corrected chi connectivity index (χ1v) is 11.7. The molecule has 1 unspecified atom stereocenters. The summed E-state index contributed by atoms with van der Waals surface area (Å²) in [6, 6.07) is 16.9. The molecule has 5 nitrogen and oxygen atoms in total. The van der Waals surface area contributed by atoms with E-state index in [1.54, 1.807) is 0 Å². The first kappa shape index (κ1) is 22.4. The minimum Gasteiger partial charge on any atom is -0.444 e. The van der Waals surface area contributed by atoms with Gasteiger partial charge in [-0.05, 0) is 63.3 Å². The van der Waals surface area contributed by atoms with Gasteiger partial charge >= 0.3 is 6.09 Å². The highest BCUT2D eigenvalue weighted by Gasteiger charge is 2.40. The summed E-state index contributed by atoms with van der Waals surface area (Å²) in [6.45, 7) is 10.5. The van der Waals surface area contributed by atoms with Gasteiger partial charge in [-0.15, -0.1) is 0 Å². The third kappa shape index (κ3) is 4.13. The van der Waals surface area contributed by atoms with Gasteiger partial charge in [-0.25, -0.2) is 4.79 Å². The number of para-hydroxylation sites is 1. The molecule has 0 aliphatic carbocycles. The highest BCUT2D eigenvalue weighted by molar-refractivity contribution is 5.95. The summed E-state index contributed by atoms with van der Waals surface area (Å²) in [7, 11) is 0. The SMILES string of the molecule is CCC(=O)N1c2ccccc2[C@@H](c2ccccc2C2CCN2C(=O)OC(C)(C)C)C[C@@H]1C. The first-order chi connectivity index (χ1) is 15.2. The van der Waals surface area contributed by atoms with Crippen LogP contribution >= 0.6 is 0 Å². The van der Waals surface area contributed by atoms with Gasteiger partial charge in [0, 0.05) is 30.6 Å². The molecule has 1 fully saturated rings. The Morgan fingerprint density at radius 2 is 1.62 bits per heavy atom. The Labute approximate surface area is 191 Å². The van der Waals surface area contributed by atoms with Crippen LogP contribution in [0, 0.1) is 0 Å². The van der Waals surface area contributed by atoms with Crippen LogP contribution in [0.1, 0.15) is 82.5 Å². The van der Waals surface area contributed by atoms with Crippen LogP contribution in [-0.2, 0) is 9.53 Å². The standard InChI is InChI=1S/C27H34N2O3/c1-6-25(30)29-18(2)17-22(21-13-9-10-14-24(21)29)19-11-7-8-12-20(19)23-15-16-28(23)26(31)32-27(3,4)5/h7-14,18,22-23H,6,15-17H2,1-5H3/t18-,22+,23?/m0/s1. The molecular weight excluding hydrogens is 400 g/mol. The van der Waals surface area contributed by atoms with Gasteiger partial charge in [0.25, 0.3) is 0 Å². The smallest absolute Gasteiger partial charge is 0.410 e. The average molecular weight is 435 g/mol. The number of likely N-dealkylation sites (tertiary alicyclic amines) is 1. The molecular formula is C27H34N2O3. The third-order valence-electron chi connectivity index (χ3n) is 6.54. The number of amides is 2. The van der Waals surface area contributed by atoms with E-state index in [0.29, 0.717) is 13.0 Å². The van der Waals surface area contributed by atoms with E-state index < -0.39 is 5.60 Å². The Balaban J connectivity index is 1.70. The van der Waals surface area contributed by atoms with E-state index in [1.165, 1.54) is 16.7 Å². The summed E-state index contributed by atoms with van der Waals surface area (Å²) in [5, 5.41) is 0. The second kappa shape index (κ2) is 8.61. The number of benzene rings is 2. The van der Waals surface area contributed by atoms with Crippen LogP contribution in [0.2, 0.25) is 0 Å². The Morgan fingerprint density at radius 3 is 2.22 bits per heavy atom. The zero-order valence-corrected chi connectivity index (χ0v) is 19.8. The van der Waals surface area contributed by atoms with Crippen molar-refractivity contribution in [3.63, 3.8) is 0 Å². The zero-order chi connectivity index (χ0) is 23.0. The van der Waals surface area contributed by atoms with E-state index in [0.717, 1.165) is 18.5 Å². The molecule has 0 saturated carbocycles. The molecule has 0 aromatic heterocycles. The number of anilines is 1. The summed E-state index contributed by atoms with van der Waals surface area (Å²) in [4.78, 5) is 29.3. The average Bonchev–Trinajstić information content (AvgIpc) is 2.71. The van der Waals surface area contributed by atoms with Crippen molar-refractivity contribution in [1.29, 1.82) is 0 Å². The van der Waals surface area contributed by atoms with Gasteiger partial charge in [-0.1, -0.05) is 49.4 Å². The molecule has 0 N–H and O–H groups in total. The van der Waals surface area contributed by atoms with Crippen LogP contribution in [0.4, 0.5) is 10.5 Å². The van der Waals surface area contributed by atoms with E-state index in [9.17, 15) is 9.59 Å². The summed E-state index contributed by atoms with van der Waals surface area (Å²) in [6.07, 6.45) is 2.03. The normalized spacial score (nSPS) is 22.7. The van der Waals surface area contributed by atoms with Crippen molar-refractivity contribution >= 4 is 17.7 Å². The second-order valence-electron chi connectivity index (χ2n) is 9.92. The molecule has 4 rings (SSSR count). The van der Waals surface area contributed by atoms with Gasteiger partial charge in [0.05, 0.1) is 6.04 Å². The van der Waals surface area contributed by atoms with Crippen molar-refractivity contribution in [2.75, 3.05) is 11.4 Å². The van der Waals surface area contributed by atoms with E-state index in [2.05, 4.69) is 49.4 Å². The molecule has 2 amide bonds. The molecule has 5 heteroatoms. The molecule has 0 radical (unpaired) electrons. The van der Waals surface area contributed by atoms with Gasteiger partial charge < -0.3 is 14.5 Å². The minimum atomic E-state index is -0.510. The summed E-state index contributed by atoms with van der Waals surface area (Å²) < 4.78 is 5.65. The Kier molecular flexibility index (Phi) is 6.02. The molecule has 0 spiro atoms. The number of ether oxygens (including phenoxy) is 1. The highest BCUT2D eigenvalue weighted by atomic mass is 16.6. The van der Waals surface area contributed by atoms with Crippen LogP contribution in [0.15, 0.2) is 48.5 Å². The summed E-state index contributed by atoms with van der Waals surface area (Å²) in [5.74, 6) is 0.339. The highest BCUT2D eigenvalue weighted by Crippen LogP contribution is 2.46. The van der Waals surface area contributed by atoms with Crippen LogP contribution in [0.5, 0.6) is 0 Å². The van der Waals surface area contributed by atoms with Crippen LogP contribution < -0.4 is 4.90 Å². The van der Waals surface area contributed by atoms with E-state index in [-0.39, 0.29) is 30.0 Å².